The number of carbonyl (C=O) groups is 1. The van der Waals surface area contributed by atoms with Gasteiger partial charge in [-0.2, -0.15) is 23.0 Å². The van der Waals surface area contributed by atoms with Gasteiger partial charge in [0.25, 0.3) is 5.91 Å². The molecule has 170 valence electrons. The molecular formula is C19H17ClF3N5O3S. The molecule has 3 aromatic rings. The van der Waals surface area contributed by atoms with Crippen molar-refractivity contribution in [3.05, 3.63) is 64.8 Å². The van der Waals surface area contributed by atoms with Crippen LogP contribution in [0.1, 0.15) is 41.6 Å². The van der Waals surface area contributed by atoms with Gasteiger partial charge < -0.3 is 5.32 Å². The summed E-state index contributed by atoms with van der Waals surface area (Å²) in [7, 11) is -3.98. The third-order valence-corrected chi connectivity index (χ3v) is 6.41. The minimum atomic E-state index is -4.83. The van der Waals surface area contributed by atoms with E-state index in [-0.39, 0.29) is 5.82 Å². The van der Waals surface area contributed by atoms with Crippen LogP contribution in [-0.4, -0.2) is 39.8 Å². The lowest BCUT2D eigenvalue weighted by Gasteiger charge is -2.16. The predicted molar refractivity (Wildman–Crippen MR) is 109 cm³/mol. The van der Waals surface area contributed by atoms with E-state index in [0.29, 0.717) is 23.0 Å². The first-order valence-electron chi connectivity index (χ1n) is 9.20. The van der Waals surface area contributed by atoms with Gasteiger partial charge in [0, 0.05) is 11.8 Å². The number of halogens is 4. The maximum atomic E-state index is 13.3. The zero-order valence-corrected chi connectivity index (χ0v) is 18.3. The van der Waals surface area contributed by atoms with Crippen LogP contribution < -0.4 is 5.32 Å². The lowest BCUT2D eigenvalue weighted by atomic mass is 10.1. The summed E-state index contributed by atoms with van der Waals surface area (Å²) in [6.07, 6.45) is -2.21. The van der Waals surface area contributed by atoms with Crippen LogP contribution in [0.25, 0.3) is 5.82 Å². The molecule has 1 aromatic carbocycles. The SMILES string of the molecule is CCS(=O)(=O)c1cc(C(=O)N[C@@H](C)c2ncnn2-c2ccc(Cl)cn2)cc(C(F)(F)F)c1. The molecular weight excluding hydrogens is 471 g/mol. The van der Waals surface area contributed by atoms with Crippen molar-refractivity contribution in [2.24, 2.45) is 0 Å². The smallest absolute Gasteiger partial charge is 0.342 e. The third kappa shape index (κ3) is 5.07. The number of benzene rings is 1. The van der Waals surface area contributed by atoms with Crippen LogP contribution >= 0.6 is 11.6 Å². The Kier molecular flexibility index (Phi) is 6.56. The summed E-state index contributed by atoms with van der Waals surface area (Å²) in [5.74, 6) is -0.710. The van der Waals surface area contributed by atoms with E-state index in [4.69, 9.17) is 11.6 Å². The maximum Gasteiger partial charge on any atom is 0.416 e. The number of rotatable bonds is 6. The van der Waals surface area contributed by atoms with Gasteiger partial charge in [0.2, 0.25) is 0 Å². The Hall–Kier alpha value is -2.99. The van der Waals surface area contributed by atoms with Gasteiger partial charge in [-0.15, -0.1) is 0 Å². The number of aromatic nitrogens is 4. The van der Waals surface area contributed by atoms with Gasteiger partial charge in [-0.05, 0) is 37.3 Å². The Morgan fingerprint density at radius 2 is 1.94 bits per heavy atom. The fourth-order valence-electron chi connectivity index (χ4n) is 2.80. The topological polar surface area (TPSA) is 107 Å². The summed E-state index contributed by atoms with van der Waals surface area (Å²) in [6, 6.07) is 4.38. The molecule has 0 saturated heterocycles. The highest BCUT2D eigenvalue weighted by Crippen LogP contribution is 2.32. The number of alkyl halides is 3. The number of nitrogens with zero attached hydrogens (tertiary/aromatic N) is 4. The highest BCUT2D eigenvalue weighted by atomic mass is 35.5. The van der Waals surface area contributed by atoms with Crippen molar-refractivity contribution in [3.63, 3.8) is 0 Å². The van der Waals surface area contributed by atoms with E-state index in [0.717, 1.165) is 6.07 Å². The van der Waals surface area contributed by atoms with Crippen LogP contribution in [0.4, 0.5) is 13.2 Å². The number of carbonyl (C=O) groups excluding carboxylic acids is 1. The van der Waals surface area contributed by atoms with Crippen LogP contribution in [0.15, 0.2) is 47.8 Å². The maximum absolute atomic E-state index is 13.3. The lowest BCUT2D eigenvalue weighted by molar-refractivity contribution is -0.137. The fourth-order valence-corrected chi connectivity index (χ4v) is 3.86. The molecule has 0 spiro atoms. The van der Waals surface area contributed by atoms with Crippen LogP contribution in [0.5, 0.6) is 0 Å². The second-order valence-corrected chi connectivity index (χ2v) is 9.42. The minimum absolute atomic E-state index is 0.251. The molecule has 1 N–H and O–H groups in total. The van der Waals surface area contributed by atoms with E-state index in [1.165, 1.54) is 24.1 Å². The molecule has 13 heteroatoms. The van der Waals surface area contributed by atoms with E-state index in [1.807, 2.05) is 0 Å². The van der Waals surface area contributed by atoms with Crippen LogP contribution in [-0.2, 0) is 16.0 Å². The van der Waals surface area contributed by atoms with Crippen molar-refractivity contribution >= 4 is 27.3 Å². The van der Waals surface area contributed by atoms with E-state index in [2.05, 4.69) is 20.4 Å². The number of amides is 1. The number of sulfone groups is 1. The standard InChI is InChI=1S/C19H17ClF3N5O3S/c1-3-32(30,31)15-7-12(6-13(8-15)19(21,22)23)18(29)27-11(2)17-25-10-26-28(17)16-5-4-14(20)9-24-16/h4-11H,3H2,1-2H3,(H,27,29)/t11-/m0/s1. The summed E-state index contributed by atoms with van der Waals surface area (Å²) in [5, 5.41) is 6.96. The highest BCUT2D eigenvalue weighted by molar-refractivity contribution is 7.91. The molecule has 0 aliphatic rings. The number of hydrogen-bond acceptors (Lipinski definition) is 6. The molecule has 0 unspecified atom stereocenters. The van der Waals surface area contributed by atoms with Gasteiger partial charge in [0.1, 0.15) is 6.33 Å². The summed E-state index contributed by atoms with van der Waals surface area (Å²) in [6.45, 7) is 2.85. The van der Waals surface area contributed by atoms with Gasteiger partial charge in [-0.25, -0.2) is 18.4 Å². The molecule has 0 saturated carbocycles. The molecule has 2 aromatic heterocycles. The molecule has 8 nitrogen and oxygen atoms in total. The van der Waals surface area contributed by atoms with Crippen molar-refractivity contribution in [2.45, 2.75) is 31.0 Å². The first kappa shape index (κ1) is 23.7. The molecule has 0 aliphatic heterocycles. The minimum Gasteiger partial charge on any atom is -0.342 e. The summed E-state index contributed by atoms with van der Waals surface area (Å²) in [4.78, 5) is 20.3. The fraction of sp³-hybridized carbons (Fsp3) is 0.263. The normalized spacial score (nSPS) is 13.1. The van der Waals surface area contributed by atoms with Gasteiger partial charge in [-0.3, -0.25) is 4.79 Å². The Morgan fingerprint density at radius 1 is 1.22 bits per heavy atom. The second-order valence-electron chi connectivity index (χ2n) is 6.71. The first-order chi connectivity index (χ1) is 14.9. The molecule has 0 bridgehead atoms. The lowest BCUT2D eigenvalue weighted by Crippen LogP contribution is -2.29. The molecule has 0 fully saturated rings. The summed E-state index contributed by atoms with van der Waals surface area (Å²) < 4.78 is 65.5. The zero-order valence-electron chi connectivity index (χ0n) is 16.8. The summed E-state index contributed by atoms with van der Waals surface area (Å²) in [5.41, 5.74) is -1.69. The van der Waals surface area contributed by atoms with Gasteiger partial charge in [0.15, 0.2) is 21.5 Å². The Bertz CT molecular complexity index is 1240. The quantitative estimate of drug-likeness (QED) is 0.569. The largest absolute Gasteiger partial charge is 0.416 e. The van der Waals surface area contributed by atoms with Gasteiger partial charge >= 0.3 is 6.18 Å². The van der Waals surface area contributed by atoms with Crippen molar-refractivity contribution in [1.82, 2.24) is 25.1 Å². The monoisotopic (exact) mass is 487 g/mol. The predicted octanol–water partition coefficient (Wildman–Crippen LogP) is 3.62. The number of pyridine rings is 1. The van der Waals surface area contributed by atoms with Crippen molar-refractivity contribution in [2.75, 3.05) is 5.75 Å². The van der Waals surface area contributed by atoms with Crippen molar-refractivity contribution in [1.29, 1.82) is 0 Å². The number of nitrogens with one attached hydrogen (secondary N) is 1. The third-order valence-electron chi connectivity index (χ3n) is 4.47. The van der Waals surface area contributed by atoms with Gasteiger partial charge in [0.05, 0.1) is 27.3 Å². The van der Waals surface area contributed by atoms with Crippen LogP contribution in [0.2, 0.25) is 5.02 Å². The number of hydrogen-bond donors (Lipinski definition) is 1. The molecule has 0 aliphatic carbocycles. The van der Waals surface area contributed by atoms with Gasteiger partial charge in [-0.1, -0.05) is 18.5 Å². The first-order valence-corrected chi connectivity index (χ1v) is 11.2. The molecule has 1 amide bonds. The Balaban J connectivity index is 1.93. The van der Waals surface area contributed by atoms with Crippen LogP contribution in [0, 0.1) is 0 Å². The molecule has 2 heterocycles. The van der Waals surface area contributed by atoms with E-state index < -0.39 is 49.7 Å². The van der Waals surface area contributed by atoms with E-state index >= 15 is 0 Å². The average molecular weight is 488 g/mol. The Morgan fingerprint density at radius 3 is 2.53 bits per heavy atom. The van der Waals surface area contributed by atoms with Crippen LogP contribution in [0.3, 0.4) is 0 Å². The highest BCUT2D eigenvalue weighted by Gasteiger charge is 2.33. The van der Waals surface area contributed by atoms with E-state index in [9.17, 15) is 26.4 Å². The Labute approximate surface area is 186 Å². The second kappa shape index (κ2) is 8.87. The van der Waals surface area contributed by atoms with E-state index in [1.54, 1.807) is 19.1 Å². The molecule has 0 radical (unpaired) electrons. The van der Waals surface area contributed by atoms with Crippen molar-refractivity contribution in [3.8, 4) is 5.82 Å². The molecule has 32 heavy (non-hydrogen) atoms. The molecule has 3 rings (SSSR count). The van der Waals surface area contributed by atoms with Crippen molar-refractivity contribution < 1.29 is 26.4 Å². The zero-order chi connectivity index (χ0) is 23.7. The average Bonchev–Trinajstić information content (AvgIpc) is 3.23. The molecule has 1 atom stereocenters. The summed E-state index contributed by atoms with van der Waals surface area (Å²) >= 11 is 5.82.